The van der Waals surface area contributed by atoms with Crippen molar-refractivity contribution in [1.82, 2.24) is 4.90 Å². The first kappa shape index (κ1) is 18.5. The molecule has 0 amide bonds. The van der Waals surface area contributed by atoms with Crippen LogP contribution >= 0.6 is 37.2 Å². The minimum atomic E-state index is 0. The molecule has 2 nitrogen and oxygen atoms in total. The molecule has 0 aromatic rings. The van der Waals surface area contributed by atoms with Crippen LogP contribution in [0.3, 0.4) is 0 Å². The van der Waals surface area contributed by atoms with Gasteiger partial charge in [0, 0.05) is 12.1 Å². The van der Waals surface area contributed by atoms with Gasteiger partial charge in [0.25, 0.3) is 0 Å². The molecular weight excluding hydrogens is 218 g/mol. The van der Waals surface area contributed by atoms with Gasteiger partial charge < -0.3 is 10.6 Å². The van der Waals surface area contributed by atoms with E-state index in [1.165, 1.54) is 13.0 Å². The molecule has 0 radical (unpaired) electrons. The van der Waals surface area contributed by atoms with Gasteiger partial charge in [-0.1, -0.05) is 0 Å². The summed E-state index contributed by atoms with van der Waals surface area (Å²) < 4.78 is 0. The van der Waals surface area contributed by atoms with Crippen molar-refractivity contribution in [2.45, 2.75) is 31.8 Å². The molecule has 2 unspecified atom stereocenters. The average Bonchev–Trinajstić information content (AvgIpc) is 1.80. The Hall–Kier alpha value is 0.790. The average molecular weight is 238 g/mol. The first-order chi connectivity index (χ1) is 4.20. The Morgan fingerprint density at radius 1 is 1.25 bits per heavy atom. The Morgan fingerprint density at radius 2 is 1.75 bits per heavy atom. The fourth-order valence-electron chi connectivity index (χ4n) is 1.33. The second-order valence-corrected chi connectivity index (χ2v) is 3.11. The van der Waals surface area contributed by atoms with E-state index in [0.717, 1.165) is 6.42 Å². The number of nitrogens with two attached hydrogens (primary N) is 1. The minimum absolute atomic E-state index is 0. The zero-order valence-electron chi connectivity index (χ0n) is 7.53. The van der Waals surface area contributed by atoms with Crippen LogP contribution in [0.4, 0.5) is 0 Å². The SMILES string of the molecule is CC1CC(N)CCN1C.Cl.Cl.Cl. The van der Waals surface area contributed by atoms with Gasteiger partial charge in [0.2, 0.25) is 0 Å². The van der Waals surface area contributed by atoms with E-state index in [0.29, 0.717) is 12.1 Å². The van der Waals surface area contributed by atoms with Gasteiger partial charge in [-0.05, 0) is 33.4 Å². The van der Waals surface area contributed by atoms with Crippen molar-refractivity contribution in [3.05, 3.63) is 0 Å². The number of hydrogen-bond donors (Lipinski definition) is 1. The van der Waals surface area contributed by atoms with Crippen LogP contribution < -0.4 is 5.73 Å². The van der Waals surface area contributed by atoms with Crippen molar-refractivity contribution in [3.63, 3.8) is 0 Å². The van der Waals surface area contributed by atoms with Gasteiger partial charge in [0.1, 0.15) is 0 Å². The summed E-state index contributed by atoms with van der Waals surface area (Å²) in [5, 5.41) is 0. The second-order valence-electron chi connectivity index (χ2n) is 3.11. The van der Waals surface area contributed by atoms with Crippen LogP contribution in [0, 0.1) is 0 Å². The van der Waals surface area contributed by atoms with Crippen LogP contribution in [-0.4, -0.2) is 30.6 Å². The first-order valence-corrected chi connectivity index (χ1v) is 3.66. The van der Waals surface area contributed by atoms with Crippen molar-refractivity contribution in [1.29, 1.82) is 0 Å². The molecule has 2 N–H and O–H groups in total. The van der Waals surface area contributed by atoms with Crippen LogP contribution in [0.15, 0.2) is 0 Å². The van der Waals surface area contributed by atoms with Crippen molar-refractivity contribution < 1.29 is 0 Å². The molecule has 1 saturated heterocycles. The smallest absolute Gasteiger partial charge is 0.00786 e. The molecular formula is C7H19Cl3N2. The second kappa shape index (κ2) is 8.39. The fraction of sp³-hybridized carbons (Fsp3) is 1.00. The van der Waals surface area contributed by atoms with E-state index >= 15 is 0 Å². The van der Waals surface area contributed by atoms with Gasteiger partial charge >= 0.3 is 0 Å². The largest absolute Gasteiger partial charge is 0.328 e. The van der Waals surface area contributed by atoms with Gasteiger partial charge in [-0.3, -0.25) is 0 Å². The predicted molar refractivity (Wildman–Crippen MR) is 61.0 cm³/mol. The summed E-state index contributed by atoms with van der Waals surface area (Å²) in [6, 6.07) is 1.14. The fourth-order valence-corrected chi connectivity index (χ4v) is 1.33. The lowest BCUT2D eigenvalue weighted by atomic mass is 10.0. The molecule has 5 heteroatoms. The standard InChI is InChI=1S/C7H16N2.3ClH/c1-6-5-7(8)3-4-9(6)2;;;/h6-7H,3-5,8H2,1-2H3;3*1H. The lowest BCUT2D eigenvalue weighted by Crippen LogP contribution is -2.43. The maximum absolute atomic E-state index is 5.76. The molecule has 1 rings (SSSR count). The maximum Gasteiger partial charge on any atom is 0.00786 e. The Kier molecular flexibility index (Phi) is 13.0. The summed E-state index contributed by atoms with van der Waals surface area (Å²) in [6.07, 6.45) is 2.33. The van der Waals surface area contributed by atoms with Gasteiger partial charge in [-0.25, -0.2) is 0 Å². The first-order valence-electron chi connectivity index (χ1n) is 3.66. The zero-order chi connectivity index (χ0) is 6.85. The minimum Gasteiger partial charge on any atom is -0.328 e. The monoisotopic (exact) mass is 236 g/mol. The third-order valence-electron chi connectivity index (χ3n) is 2.25. The van der Waals surface area contributed by atoms with Crippen LogP contribution in [0.5, 0.6) is 0 Å². The van der Waals surface area contributed by atoms with E-state index < -0.39 is 0 Å². The Morgan fingerprint density at radius 3 is 2.08 bits per heavy atom. The Labute approximate surface area is 93.5 Å². The van der Waals surface area contributed by atoms with Crippen LogP contribution in [0.25, 0.3) is 0 Å². The van der Waals surface area contributed by atoms with Gasteiger partial charge in [-0.15, -0.1) is 37.2 Å². The molecule has 0 aromatic carbocycles. The molecule has 1 heterocycles. The Bertz CT molecular complexity index is 103. The highest BCUT2D eigenvalue weighted by atomic mass is 35.5. The molecule has 1 fully saturated rings. The summed E-state index contributed by atoms with van der Waals surface area (Å²) in [5.41, 5.74) is 5.76. The number of piperidine rings is 1. The third kappa shape index (κ3) is 5.44. The van der Waals surface area contributed by atoms with Crippen molar-refractivity contribution >= 4 is 37.2 Å². The molecule has 78 valence electrons. The zero-order valence-corrected chi connectivity index (χ0v) is 9.97. The normalized spacial score (nSPS) is 29.2. The topological polar surface area (TPSA) is 29.3 Å². The quantitative estimate of drug-likeness (QED) is 0.695. The summed E-state index contributed by atoms with van der Waals surface area (Å²) in [7, 11) is 2.16. The van der Waals surface area contributed by atoms with Crippen LogP contribution in [-0.2, 0) is 0 Å². The van der Waals surface area contributed by atoms with Crippen molar-refractivity contribution in [3.8, 4) is 0 Å². The van der Waals surface area contributed by atoms with Crippen LogP contribution in [0.2, 0.25) is 0 Å². The highest BCUT2D eigenvalue weighted by molar-refractivity contribution is 5.86. The number of nitrogens with zero attached hydrogens (tertiary/aromatic N) is 1. The summed E-state index contributed by atoms with van der Waals surface area (Å²) >= 11 is 0. The van der Waals surface area contributed by atoms with Gasteiger partial charge in [0.15, 0.2) is 0 Å². The molecule has 2 atom stereocenters. The molecule has 0 saturated carbocycles. The summed E-state index contributed by atoms with van der Waals surface area (Å²) in [6.45, 7) is 3.40. The molecule has 0 spiro atoms. The highest BCUT2D eigenvalue weighted by Crippen LogP contribution is 2.12. The molecule has 0 aromatic heterocycles. The maximum atomic E-state index is 5.76. The van der Waals surface area contributed by atoms with E-state index in [4.69, 9.17) is 5.73 Å². The lowest BCUT2D eigenvalue weighted by Gasteiger charge is -2.33. The molecule has 1 aliphatic rings. The summed E-state index contributed by atoms with van der Waals surface area (Å²) in [4.78, 5) is 2.36. The van der Waals surface area contributed by atoms with E-state index in [-0.39, 0.29) is 37.2 Å². The van der Waals surface area contributed by atoms with E-state index in [1.54, 1.807) is 0 Å². The number of rotatable bonds is 0. The highest BCUT2D eigenvalue weighted by Gasteiger charge is 2.18. The van der Waals surface area contributed by atoms with Crippen molar-refractivity contribution in [2.24, 2.45) is 5.73 Å². The van der Waals surface area contributed by atoms with Crippen molar-refractivity contribution in [2.75, 3.05) is 13.6 Å². The lowest BCUT2D eigenvalue weighted by molar-refractivity contribution is 0.184. The molecule has 0 aliphatic carbocycles. The van der Waals surface area contributed by atoms with E-state index in [1.807, 2.05) is 0 Å². The molecule has 12 heavy (non-hydrogen) atoms. The predicted octanol–water partition coefficient (Wildman–Crippen LogP) is 1.69. The third-order valence-corrected chi connectivity index (χ3v) is 2.25. The van der Waals surface area contributed by atoms with E-state index in [9.17, 15) is 0 Å². The van der Waals surface area contributed by atoms with E-state index in [2.05, 4.69) is 18.9 Å². The number of halogens is 3. The summed E-state index contributed by atoms with van der Waals surface area (Å²) in [5.74, 6) is 0. The van der Waals surface area contributed by atoms with Gasteiger partial charge in [0.05, 0.1) is 0 Å². The van der Waals surface area contributed by atoms with Gasteiger partial charge in [-0.2, -0.15) is 0 Å². The number of likely N-dealkylation sites (tertiary alicyclic amines) is 1. The van der Waals surface area contributed by atoms with Crippen LogP contribution in [0.1, 0.15) is 19.8 Å². The molecule has 0 bridgehead atoms. The Balaban J connectivity index is -0.000000270. The molecule has 1 aliphatic heterocycles. The number of hydrogen-bond acceptors (Lipinski definition) is 2.